The van der Waals surface area contributed by atoms with Gasteiger partial charge in [-0.05, 0) is 0 Å². The van der Waals surface area contributed by atoms with Gasteiger partial charge in [0.05, 0.1) is 0 Å². The van der Waals surface area contributed by atoms with E-state index in [1.165, 1.54) is 7.11 Å². The molecular weight excluding hydrogens is 127 g/mol. The average Bonchev–Trinajstić information content (AvgIpc) is 1.83. The van der Waals surface area contributed by atoms with Crippen molar-refractivity contribution in [2.45, 2.75) is 0 Å². The molecule has 1 unspecified atom stereocenters. The first-order chi connectivity index (χ1) is 3.81. The smallest absolute Gasteiger partial charge is 0.314 e. The molecule has 3 nitrogen and oxygen atoms in total. The van der Waals surface area contributed by atoms with Gasteiger partial charge in [-0.3, -0.25) is 9.09 Å². The maximum Gasteiger partial charge on any atom is 0.319 e. The Morgan fingerprint density at radius 1 is 1.88 bits per heavy atom. The van der Waals surface area contributed by atoms with Gasteiger partial charge in [-0.15, -0.1) is 6.42 Å². The van der Waals surface area contributed by atoms with E-state index in [2.05, 4.69) is 15.0 Å². The predicted molar refractivity (Wildman–Crippen MR) is 30.8 cm³/mol. The lowest BCUT2D eigenvalue weighted by Crippen LogP contribution is -1.79. The summed E-state index contributed by atoms with van der Waals surface area (Å²) in [4.78, 5) is 0. The molecule has 0 saturated carbocycles. The summed E-state index contributed by atoms with van der Waals surface area (Å²) in [6.07, 6.45) is 4.78. The number of terminal acetylenes is 1. The van der Waals surface area contributed by atoms with Gasteiger partial charge in [0.1, 0.15) is 6.61 Å². The quantitative estimate of drug-likeness (QED) is 0.420. The van der Waals surface area contributed by atoms with Crippen LogP contribution in [-0.4, -0.2) is 13.7 Å². The van der Waals surface area contributed by atoms with Crippen molar-refractivity contribution < 1.29 is 13.6 Å². The van der Waals surface area contributed by atoms with Gasteiger partial charge in [0, 0.05) is 7.11 Å². The number of rotatable bonds is 3. The zero-order chi connectivity index (χ0) is 6.41. The largest absolute Gasteiger partial charge is 0.319 e. The van der Waals surface area contributed by atoms with Crippen LogP contribution in [0.2, 0.25) is 0 Å². The molecule has 46 valence electrons. The summed E-state index contributed by atoms with van der Waals surface area (Å²) in [6, 6.07) is 0. The first-order valence-electron chi connectivity index (χ1n) is 1.95. The van der Waals surface area contributed by atoms with E-state index in [9.17, 15) is 4.57 Å². The normalized spacial score (nSPS) is 12.5. The third kappa shape index (κ3) is 3.89. The molecule has 0 amide bonds. The Balaban J connectivity index is 3.15. The summed E-state index contributed by atoms with van der Waals surface area (Å²) < 4.78 is 18.9. The van der Waals surface area contributed by atoms with Gasteiger partial charge >= 0.3 is 8.25 Å². The lowest BCUT2D eigenvalue weighted by Gasteiger charge is -1.93. The minimum absolute atomic E-state index is 0.0473. The average molecular weight is 134 g/mol. The highest BCUT2D eigenvalue weighted by Gasteiger charge is 1.89. The standard InChI is InChI=1S/C4H7O3P/c1-3-4-7-8(5)6-2/h1,8H,4H2,2H3. The summed E-state index contributed by atoms with van der Waals surface area (Å²) in [5.74, 6) is 2.16. The molecule has 0 spiro atoms. The van der Waals surface area contributed by atoms with Gasteiger partial charge in [0.2, 0.25) is 0 Å². The van der Waals surface area contributed by atoms with Crippen molar-refractivity contribution >= 4 is 8.25 Å². The minimum atomic E-state index is -2.28. The molecule has 0 fully saturated rings. The Bertz CT molecular complexity index is 115. The molecule has 0 N–H and O–H groups in total. The molecule has 0 rings (SSSR count). The Labute approximate surface area is 48.9 Å². The highest BCUT2D eigenvalue weighted by Crippen LogP contribution is 2.20. The Morgan fingerprint density at radius 3 is 2.88 bits per heavy atom. The Morgan fingerprint density at radius 2 is 2.50 bits per heavy atom. The monoisotopic (exact) mass is 134 g/mol. The summed E-state index contributed by atoms with van der Waals surface area (Å²) in [5.41, 5.74) is 0. The van der Waals surface area contributed by atoms with Crippen LogP contribution in [0.4, 0.5) is 0 Å². The predicted octanol–water partition coefficient (Wildman–Crippen LogP) is 0.672. The zero-order valence-corrected chi connectivity index (χ0v) is 5.51. The Kier molecular flexibility index (Phi) is 4.68. The van der Waals surface area contributed by atoms with Crippen LogP contribution in [0.1, 0.15) is 0 Å². The van der Waals surface area contributed by atoms with Crippen LogP contribution in [0.15, 0.2) is 0 Å². The maximum atomic E-state index is 10.2. The van der Waals surface area contributed by atoms with Crippen molar-refractivity contribution in [3.05, 3.63) is 0 Å². The lowest BCUT2D eigenvalue weighted by atomic mass is 10.8. The van der Waals surface area contributed by atoms with E-state index in [4.69, 9.17) is 6.42 Å². The molecule has 0 aliphatic rings. The third-order valence-electron chi connectivity index (χ3n) is 0.440. The molecule has 8 heavy (non-hydrogen) atoms. The second-order valence-electron chi connectivity index (χ2n) is 0.947. The minimum Gasteiger partial charge on any atom is -0.314 e. The van der Waals surface area contributed by atoms with Crippen LogP contribution < -0.4 is 0 Å². The van der Waals surface area contributed by atoms with E-state index in [1.54, 1.807) is 0 Å². The second-order valence-corrected chi connectivity index (χ2v) is 2.14. The summed E-state index contributed by atoms with van der Waals surface area (Å²) in [6.45, 7) is 0.0473. The van der Waals surface area contributed by atoms with Gasteiger partial charge in [-0.25, -0.2) is 0 Å². The highest BCUT2D eigenvalue weighted by molar-refractivity contribution is 7.33. The second kappa shape index (κ2) is 4.86. The van der Waals surface area contributed by atoms with Gasteiger partial charge in [-0.2, -0.15) is 0 Å². The highest BCUT2D eigenvalue weighted by atomic mass is 31.1. The fourth-order valence-electron chi connectivity index (χ4n) is 0.160. The molecule has 0 bridgehead atoms. The van der Waals surface area contributed by atoms with Crippen LogP contribution >= 0.6 is 8.25 Å². The van der Waals surface area contributed by atoms with E-state index < -0.39 is 8.25 Å². The molecule has 0 heterocycles. The number of hydrogen-bond donors (Lipinski definition) is 0. The van der Waals surface area contributed by atoms with Gasteiger partial charge in [-0.1, -0.05) is 5.92 Å². The number of hydrogen-bond acceptors (Lipinski definition) is 3. The Hall–Kier alpha value is -0.290. The van der Waals surface area contributed by atoms with Gasteiger partial charge in [0.25, 0.3) is 0 Å². The van der Waals surface area contributed by atoms with E-state index >= 15 is 0 Å². The third-order valence-corrected chi connectivity index (χ3v) is 1.15. The molecule has 0 aliphatic heterocycles. The fourth-order valence-corrected chi connectivity index (χ4v) is 0.479. The lowest BCUT2D eigenvalue weighted by molar-refractivity contribution is 0.283. The van der Waals surface area contributed by atoms with Crippen molar-refractivity contribution in [1.82, 2.24) is 0 Å². The van der Waals surface area contributed by atoms with Crippen molar-refractivity contribution in [1.29, 1.82) is 0 Å². The molecule has 1 atom stereocenters. The molecule has 0 aromatic carbocycles. The van der Waals surface area contributed by atoms with Crippen molar-refractivity contribution in [3.8, 4) is 12.3 Å². The van der Waals surface area contributed by atoms with Crippen LogP contribution in [0.5, 0.6) is 0 Å². The van der Waals surface area contributed by atoms with Crippen molar-refractivity contribution in [2.75, 3.05) is 13.7 Å². The zero-order valence-electron chi connectivity index (χ0n) is 4.51. The van der Waals surface area contributed by atoms with Crippen molar-refractivity contribution in [2.24, 2.45) is 0 Å². The summed E-state index contributed by atoms with van der Waals surface area (Å²) >= 11 is 0. The van der Waals surface area contributed by atoms with Crippen LogP contribution in [0.25, 0.3) is 0 Å². The van der Waals surface area contributed by atoms with Gasteiger partial charge < -0.3 is 4.52 Å². The molecule has 0 aromatic rings. The first kappa shape index (κ1) is 7.71. The van der Waals surface area contributed by atoms with Crippen LogP contribution in [0.3, 0.4) is 0 Å². The maximum absolute atomic E-state index is 10.2. The topological polar surface area (TPSA) is 35.5 Å². The molecule has 4 heteroatoms. The molecule has 0 saturated heterocycles. The summed E-state index contributed by atoms with van der Waals surface area (Å²) in [5, 5.41) is 0. The summed E-state index contributed by atoms with van der Waals surface area (Å²) in [7, 11) is -0.981. The van der Waals surface area contributed by atoms with E-state index in [0.29, 0.717) is 0 Å². The van der Waals surface area contributed by atoms with E-state index in [1.807, 2.05) is 0 Å². The van der Waals surface area contributed by atoms with E-state index in [0.717, 1.165) is 0 Å². The van der Waals surface area contributed by atoms with E-state index in [-0.39, 0.29) is 6.61 Å². The molecule has 0 radical (unpaired) electrons. The molecular formula is C4H7O3P. The van der Waals surface area contributed by atoms with Crippen molar-refractivity contribution in [3.63, 3.8) is 0 Å². The SMILES string of the molecule is C#CCO[PH](=O)OC. The first-order valence-corrected chi connectivity index (χ1v) is 3.18. The van der Waals surface area contributed by atoms with Gasteiger partial charge in [0.15, 0.2) is 0 Å². The molecule has 0 aromatic heterocycles. The van der Waals surface area contributed by atoms with Crippen LogP contribution in [-0.2, 0) is 13.6 Å². The van der Waals surface area contributed by atoms with Crippen LogP contribution in [0, 0.1) is 12.3 Å². The fraction of sp³-hybridized carbons (Fsp3) is 0.500. The molecule has 0 aliphatic carbocycles.